The average Bonchev–Trinajstić information content (AvgIpc) is 2.74. The van der Waals surface area contributed by atoms with Crippen LogP contribution in [0, 0.1) is 6.92 Å². The van der Waals surface area contributed by atoms with Gasteiger partial charge in [0.1, 0.15) is 17.0 Å². The second-order valence-electron chi connectivity index (χ2n) is 3.70. The largest absolute Gasteiger partial charge is 0.449 e. The van der Waals surface area contributed by atoms with Gasteiger partial charge in [0, 0.05) is 12.3 Å². The van der Waals surface area contributed by atoms with E-state index in [1.165, 1.54) is 0 Å². The van der Waals surface area contributed by atoms with E-state index in [9.17, 15) is 0 Å². The highest BCUT2D eigenvalue weighted by Crippen LogP contribution is 2.27. The molecule has 3 rings (SSSR count). The van der Waals surface area contributed by atoms with Gasteiger partial charge in [0.15, 0.2) is 17.2 Å². The van der Waals surface area contributed by atoms with Gasteiger partial charge in [-0.1, -0.05) is 6.07 Å². The Morgan fingerprint density at radius 1 is 1.24 bits per heavy atom. The molecule has 0 unspecified atom stereocenters. The van der Waals surface area contributed by atoms with E-state index in [-0.39, 0.29) is 0 Å². The molecular weight excluding hydrogens is 216 g/mol. The van der Waals surface area contributed by atoms with E-state index < -0.39 is 0 Å². The van der Waals surface area contributed by atoms with Crippen LogP contribution in [0.3, 0.4) is 0 Å². The van der Waals surface area contributed by atoms with Crippen molar-refractivity contribution in [2.75, 3.05) is 5.73 Å². The van der Waals surface area contributed by atoms with Crippen molar-refractivity contribution >= 4 is 16.9 Å². The molecule has 0 aliphatic heterocycles. The topological polar surface area (TPSA) is 77.8 Å². The zero-order chi connectivity index (χ0) is 11.8. The number of hydrogen-bond donors (Lipinski definition) is 1. The molecule has 0 radical (unpaired) electrons. The van der Waals surface area contributed by atoms with Crippen LogP contribution in [-0.2, 0) is 0 Å². The minimum atomic E-state index is 0.356. The standard InChI is InChI=1S/C12H10N4O/c1-7-15-9-6-10(8-4-2-3-5-14-8)17-11(9)12(13)16-7/h2-6H,1H3,(H2,13,15,16). The highest BCUT2D eigenvalue weighted by atomic mass is 16.3. The predicted molar refractivity (Wildman–Crippen MR) is 64.2 cm³/mol. The van der Waals surface area contributed by atoms with E-state index in [0.29, 0.717) is 28.5 Å². The monoisotopic (exact) mass is 226 g/mol. The van der Waals surface area contributed by atoms with E-state index in [2.05, 4.69) is 15.0 Å². The molecule has 0 amide bonds. The van der Waals surface area contributed by atoms with Crippen LogP contribution in [-0.4, -0.2) is 15.0 Å². The van der Waals surface area contributed by atoms with Gasteiger partial charge in [0.05, 0.1) is 0 Å². The van der Waals surface area contributed by atoms with Crippen LogP contribution >= 0.6 is 0 Å². The molecule has 3 heterocycles. The van der Waals surface area contributed by atoms with Gasteiger partial charge in [-0.2, -0.15) is 0 Å². The highest BCUT2D eigenvalue weighted by Gasteiger charge is 2.11. The Morgan fingerprint density at radius 3 is 2.88 bits per heavy atom. The van der Waals surface area contributed by atoms with Crippen LogP contribution < -0.4 is 5.73 Å². The Hall–Kier alpha value is -2.43. The van der Waals surface area contributed by atoms with Gasteiger partial charge in [-0.15, -0.1) is 0 Å². The fourth-order valence-corrected chi connectivity index (χ4v) is 1.71. The van der Waals surface area contributed by atoms with E-state index in [1.807, 2.05) is 24.3 Å². The summed E-state index contributed by atoms with van der Waals surface area (Å²) in [7, 11) is 0. The van der Waals surface area contributed by atoms with Gasteiger partial charge >= 0.3 is 0 Å². The molecule has 84 valence electrons. The molecule has 5 heteroatoms. The number of aromatic nitrogens is 3. The molecule has 0 aromatic carbocycles. The first-order valence-corrected chi connectivity index (χ1v) is 5.19. The third-order valence-electron chi connectivity index (χ3n) is 2.43. The quantitative estimate of drug-likeness (QED) is 0.688. The molecule has 2 N–H and O–H groups in total. The van der Waals surface area contributed by atoms with Crippen molar-refractivity contribution in [1.82, 2.24) is 15.0 Å². The third kappa shape index (κ3) is 1.61. The van der Waals surface area contributed by atoms with Crippen molar-refractivity contribution in [3.05, 3.63) is 36.3 Å². The van der Waals surface area contributed by atoms with Crippen molar-refractivity contribution in [3.63, 3.8) is 0 Å². The summed E-state index contributed by atoms with van der Waals surface area (Å²) in [6, 6.07) is 7.44. The van der Waals surface area contributed by atoms with Gasteiger partial charge in [-0.05, 0) is 19.1 Å². The van der Waals surface area contributed by atoms with Crippen molar-refractivity contribution in [3.8, 4) is 11.5 Å². The van der Waals surface area contributed by atoms with E-state index in [4.69, 9.17) is 10.2 Å². The first-order chi connectivity index (χ1) is 8.24. The average molecular weight is 226 g/mol. The van der Waals surface area contributed by atoms with Crippen LogP contribution in [0.25, 0.3) is 22.6 Å². The smallest absolute Gasteiger partial charge is 0.195 e. The predicted octanol–water partition coefficient (Wildman–Crippen LogP) is 2.18. The fraction of sp³-hybridized carbons (Fsp3) is 0.0833. The van der Waals surface area contributed by atoms with Crippen LogP contribution in [0.5, 0.6) is 0 Å². The van der Waals surface area contributed by atoms with Gasteiger partial charge in [-0.3, -0.25) is 4.98 Å². The minimum Gasteiger partial charge on any atom is -0.449 e. The molecule has 0 atom stereocenters. The van der Waals surface area contributed by atoms with Crippen LogP contribution in [0.4, 0.5) is 5.82 Å². The summed E-state index contributed by atoms with van der Waals surface area (Å²) in [6.07, 6.45) is 1.71. The molecule has 0 saturated heterocycles. The lowest BCUT2D eigenvalue weighted by Crippen LogP contribution is -1.94. The number of furan rings is 1. The summed E-state index contributed by atoms with van der Waals surface area (Å²) in [5.74, 6) is 1.63. The summed E-state index contributed by atoms with van der Waals surface area (Å²) in [4.78, 5) is 12.5. The lowest BCUT2D eigenvalue weighted by molar-refractivity contribution is 0.627. The summed E-state index contributed by atoms with van der Waals surface area (Å²) < 4.78 is 5.63. The maximum absolute atomic E-state index is 5.78. The van der Waals surface area contributed by atoms with Crippen molar-refractivity contribution in [2.24, 2.45) is 0 Å². The Kier molecular flexibility index (Phi) is 2.04. The normalized spacial score (nSPS) is 10.9. The molecule has 0 fully saturated rings. The van der Waals surface area contributed by atoms with Gasteiger partial charge in [0.2, 0.25) is 0 Å². The lowest BCUT2D eigenvalue weighted by atomic mass is 10.3. The molecule has 0 spiro atoms. The number of pyridine rings is 1. The second-order valence-corrected chi connectivity index (χ2v) is 3.70. The number of aryl methyl sites for hydroxylation is 1. The van der Waals surface area contributed by atoms with E-state index >= 15 is 0 Å². The maximum atomic E-state index is 5.78. The number of hydrogen-bond acceptors (Lipinski definition) is 5. The maximum Gasteiger partial charge on any atom is 0.195 e. The Morgan fingerprint density at radius 2 is 2.12 bits per heavy atom. The molecule has 0 aliphatic rings. The summed E-state index contributed by atoms with van der Waals surface area (Å²) in [6.45, 7) is 1.79. The Labute approximate surface area is 97.3 Å². The Bertz CT molecular complexity index is 676. The molecule has 3 aromatic heterocycles. The number of nitrogens with two attached hydrogens (primary N) is 1. The number of anilines is 1. The van der Waals surface area contributed by atoms with Gasteiger partial charge < -0.3 is 10.2 Å². The summed E-state index contributed by atoms with van der Waals surface area (Å²) in [5.41, 5.74) is 7.75. The SMILES string of the molecule is Cc1nc(N)c2oc(-c3ccccn3)cc2n1. The summed E-state index contributed by atoms with van der Waals surface area (Å²) >= 11 is 0. The lowest BCUT2D eigenvalue weighted by Gasteiger charge is -1.95. The zero-order valence-corrected chi connectivity index (χ0v) is 9.21. The van der Waals surface area contributed by atoms with Gasteiger partial charge in [-0.25, -0.2) is 9.97 Å². The number of nitrogen functional groups attached to an aromatic ring is 1. The highest BCUT2D eigenvalue weighted by molar-refractivity contribution is 5.85. The molecule has 5 nitrogen and oxygen atoms in total. The molecular formula is C12H10N4O. The number of rotatable bonds is 1. The van der Waals surface area contributed by atoms with Crippen molar-refractivity contribution in [2.45, 2.75) is 6.92 Å². The van der Waals surface area contributed by atoms with Crippen LogP contribution in [0.1, 0.15) is 5.82 Å². The molecule has 17 heavy (non-hydrogen) atoms. The van der Waals surface area contributed by atoms with Crippen LogP contribution in [0.15, 0.2) is 34.9 Å². The molecule has 0 bridgehead atoms. The van der Waals surface area contributed by atoms with E-state index in [1.54, 1.807) is 13.1 Å². The first-order valence-electron chi connectivity index (χ1n) is 5.19. The molecule has 3 aromatic rings. The van der Waals surface area contributed by atoms with Crippen molar-refractivity contribution in [1.29, 1.82) is 0 Å². The first kappa shape index (κ1) is 9.77. The molecule has 0 saturated carbocycles. The van der Waals surface area contributed by atoms with Gasteiger partial charge in [0.25, 0.3) is 0 Å². The summed E-state index contributed by atoms with van der Waals surface area (Å²) in [5, 5.41) is 0. The van der Waals surface area contributed by atoms with Crippen LogP contribution in [0.2, 0.25) is 0 Å². The third-order valence-corrected chi connectivity index (χ3v) is 2.43. The molecule has 0 aliphatic carbocycles. The zero-order valence-electron chi connectivity index (χ0n) is 9.21. The number of nitrogens with zero attached hydrogens (tertiary/aromatic N) is 3. The minimum absolute atomic E-state index is 0.356. The van der Waals surface area contributed by atoms with Crippen molar-refractivity contribution < 1.29 is 4.42 Å². The second kappa shape index (κ2) is 3.55. The van der Waals surface area contributed by atoms with E-state index in [0.717, 1.165) is 5.69 Å². The fourth-order valence-electron chi connectivity index (χ4n) is 1.71. The Balaban J connectivity index is 2.24. The number of fused-ring (bicyclic) bond motifs is 1.